The number of aromatic nitrogens is 3. The fourth-order valence-electron chi connectivity index (χ4n) is 13.0. The average Bonchev–Trinajstić information content (AvgIpc) is 1.07. The second-order valence-electron chi connectivity index (χ2n) is 26.9. The molecule has 5 heterocycles. The number of aromatic carboxylic acids is 2. The lowest BCUT2D eigenvalue weighted by Crippen LogP contribution is -2.30. The Morgan fingerprint density at radius 2 is 1.33 bits per heavy atom. The first-order chi connectivity index (χ1) is 55.1. The number of phosphoric acid groups is 3. The molecule has 1 saturated heterocycles. The Kier molecular flexibility index (Phi) is 25.2. The van der Waals surface area contributed by atoms with Crippen molar-refractivity contribution in [3.05, 3.63) is 194 Å². The van der Waals surface area contributed by atoms with Crippen LogP contribution in [0, 0.1) is 29.1 Å². The molecule has 0 amide bonds. The smallest absolute Gasteiger partial charge is 0.487 e. The molecule has 0 radical (unpaired) electrons. The van der Waals surface area contributed by atoms with E-state index in [0.29, 0.717) is 80.0 Å². The summed E-state index contributed by atoms with van der Waals surface area (Å²) in [6, 6.07) is 33.8. The third kappa shape index (κ3) is 19.9. The second kappa shape index (κ2) is 35.0. The number of carboxylic acids is 2. The minimum atomic E-state index is -5.84. The molecular formula is C78H74N10O25P3+. The lowest BCUT2D eigenvalue weighted by molar-refractivity contribution is -0.271. The van der Waals surface area contributed by atoms with Gasteiger partial charge >= 0.3 is 47.6 Å². The van der Waals surface area contributed by atoms with Gasteiger partial charge in [-0.2, -0.15) is 29.1 Å². The maximum Gasteiger partial charge on any atom is 0.487 e. The zero-order valence-electron chi connectivity index (χ0n) is 61.8. The molecule has 116 heavy (non-hydrogen) atoms. The number of H-pyrrole nitrogens is 1. The van der Waals surface area contributed by atoms with Crippen LogP contribution in [0.1, 0.15) is 86.9 Å². The summed E-state index contributed by atoms with van der Waals surface area (Å²) in [6.45, 7) is -1.39. The largest absolute Gasteiger partial charge is 0.603 e. The summed E-state index contributed by atoms with van der Waals surface area (Å²) in [5.41, 5.74) is 4.92. The number of aliphatic imine (C=N–C) groups is 4. The van der Waals surface area contributed by atoms with Gasteiger partial charge in [-0.15, -0.1) is 0 Å². The molecule has 6 aromatic carbocycles. The highest BCUT2D eigenvalue weighted by Gasteiger charge is 2.54. The number of ether oxygens (including phenoxy) is 1. The zero-order chi connectivity index (χ0) is 83.2. The summed E-state index contributed by atoms with van der Waals surface area (Å²) in [5.74, 6) is 6.35. The van der Waals surface area contributed by atoms with Crippen LogP contribution < -0.4 is 35.5 Å². The van der Waals surface area contributed by atoms with Gasteiger partial charge in [-0.1, -0.05) is 54.4 Å². The van der Waals surface area contributed by atoms with Crippen molar-refractivity contribution in [2.24, 2.45) is 20.0 Å². The van der Waals surface area contributed by atoms with Crippen molar-refractivity contribution in [2.45, 2.75) is 63.0 Å². The molecular weight excluding hydrogens is 1570 g/mol. The van der Waals surface area contributed by atoms with E-state index >= 15 is 0 Å². The van der Waals surface area contributed by atoms with E-state index in [1.807, 2.05) is 74.4 Å². The minimum Gasteiger partial charge on any atom is -0.603 e. The van der Waals surface area contributed by atoms with E-state index in [1.165, 1.54) is 71.4 Å². The van der Waals surface area contributed by atoms with Crippen LogP contribution in [0.4, 0.5) is 11.4 Å². The number of hydrogen-bond donors (Lipinski definition) is 15. The number of unbranched alkanes of at least 4 members (excludes halogenated alkanes) is 2. The number of carboxylic acid groups (broad SMARTS) is 2. The number of rotatable bonds is 28. The molecule has 0 saturated carbocycles. The lowest BCUT2D eigenvalue weighted by Gasteiger charge is -2.25. The van der Waals surface area contributed by atoms with Crippen LogP contribution in [0.3, 0.4) is 0 Å². The van der Waals surface area contributed by atoms with Crippen molar-refractivity contribution < 1.29 is 117 Å². The average molecular weight is 1640 g/mol. The van der Waals surface area contributed by atoms with Gasteiger partial charge in [-0.25, -0.2) is 29.0 Å². The Morgan fingerprint density at radius 1 is 0.707 bits per heavy atom. The van der Waals surface area contributed by atoms with E-state index in [0.717, 1.165) is 11.4 Å². The number of nitrogens with zero attached hydrogens (tertiary/aromatic N) is 8. The first kappa shape index (κ1) is 83.5. The number of aliphatic hydroxyl groups excluding tert-OH is 5. The van der Waals surface area contributed by atoms with Crippen LogP contribution in [0.5, 0.6) is 11.6 Å². The molecule has 9 aromatic rings. The van der Waals surface area contributed by atoms with E-state index < -0.39 is 96.7 Å². The SMILES string of the molecule is CN(C)c1ccc2c(-c3ccc(C(O)=N[C@@H](Cc4ccc(C#CCN=C(O)c5ccc(-c6c7ccc(=O)cc-7oc7cc(O)ccc67)c(C(=O)O)c5)cc4)C(O)=NCCCCCC(O)=NCC#Cc4cn([C@H]5C[C@H](O)[C@@H](CO[P+]([O-])(O)O[P+]([O-])(O)O[P+]([O-])(O)O)O5)c5[nH]c(=N)nc(O)c45)cc3C(=O)O)c3ccc(N(C)C)cc3[o+]c2c1. The van der Waals surface area contributed by atoms with E-state index in [-0.39, 0.29) is 112 Å². The van der Waals surface area contributed by atoms with Gasteiger partial charge in [-0.05, 0) is 114 Å². The van der Waals surface area contributed by atoms with Crippen molar-refractivity contribution in [3.8, 4) is 68.9 Å². The second-order valence-corrected chi connectivity index (χ2v) is 31.3. The Morgan fingerprint density at radius 3 is 1.97 bits per heavy atom. The first-order valence-electron chi connectivity index (χ1n) is 35.2. The summed E-state index contributed by atoms with van der Waals surface area (Å²) in [4.78, 5) is 138. The number of nitrogens with one attached hydrogen (secondary N) is 2. The van der Waals surface area contributed by atoms with Crippen LogP contribution in [0.25, 0.3) is 77.5 Å². The van der Waals surface area contributed by atoms with Crippen molar-refractivity contribution in [3.63, 3.8) is 0 Å². The van der Waals surface area contributed by atoms with Gasteiger partial charge in [0.25, 0.3) is 0 Å². The van der Waals surface area contributed by atoms with Crippen molar-refractivity contribution in [1.29, 1.82) is 5.41 Å². The molecule has 38 heteroatoms. The van der Waals surface area contributed by atoms with Gasteiger partial charge in [0.1, 0.15) is 60.8 Å². The van der Waals surface area contributed by atoms with Crippen LogP contribution >= 0.6 is 24.5 Å². The summed E-state index contributed by atoms with van der Waals surface area (Å²) >= 11 is 0. The van der Waals surface area contributed by atoms with Crippen molar-refractivity contribution >= 4 is 115 Å². The monoisotopic (exact) mass is 1640 g/mol. The van der Waals surface area contributed by atoms with Gasteiger partial charge < -0.3 is 89.1 Å². The van der Waals surface area contributed by atoms with Crippen LogP contribution in [-0.2, 0) is 24.3 Å². The highest BCUT2D eigenvalue weighted by molar-refractivity contribution is 7.71. The molecule has 35 nitrogen and oxygen atoms in total. The normalized spacial score (nSPS) is 16.3. The topological polar surface area (TPSA) is 558 Å². The number of benzene rings is 7. The highest BCUT2D eigenvalue weighted by Crippen LogP contribution is 2.71. The molecule has 6 atom stereocenters. The number of aromatic amines is 1. The maximum absolute atomic E-state index is 13.4. The van der Waals surface area contributed by atoms with Gasteiger partial charge in [0.2, 0.25) is 29.2 Å². The number of aliphatic hydroxyl groups is 5. The highest BCUT2D eigenvalue weighted by atomic mass is 31.3. The van der Waals surface area contributed by atoms with Gasteiger partial charge in [0.05, 0.1) is 51.1 Å². The maximum atomic E-state index is 13.4. The number of phenolic OH excluding ortho intramolecular Hbond substituents is 1. The number of hydrogen-bond acceptors (Lipinski definition) is 26. The van der Waals surface area contributed by atoms with Crippen molar-refractivity contribution in [2.75, 3.05) is 64.2 Å². The van der Waals surface area contributed by atoms with Gasteiger partial charge in [0, 0.05) is 131 Å². The Hall–Kier alpha value is -11.9. The number of phosphoric ester groups is 1. The molecule has 12 rings (SSSR count). The van der Waals surface area contributed by atoms with Crippen LogP contribution in [-0.4, -0.2) is 188 Å². The predicted octanol–water partition coefficient (Wildman–Crippen LogP) is 8.09. The number of anilines is 2. The van der Waals surface area contributed by atoms with E-state index in [9.17, 15) is 84.8 Å². The predicted molar refractivity (Wildman–Crippen MR) is 425 cm³/mol. The fraction of sp³-hybridized carbons (Fsp3) is 0.231. The Bertz CT molecular complexity index is 5930. The van der Waals surface area contributed by atoms with Crippen LogP contribution in [0.2, 0.25) is 0 Å². The van der Waals surface area contributed by atoms with Gasteiger partial charge in [0.15, 0.2) is 11.3 Å². The van der Waals surface area contributed by atoms with E-state index in [1.54, 1.807) is 36.4 Å². The van der Waals surface area contributed by atoms with E-state index in [4.69, 9.17) is 28.8 Å². The quantitative estimate of drug-likeness (QED) is 0.00419. The number of carbonyl (C=O) groups is 2. The summed E-state index contributed by atoms with van der Waals surface area (Å²) in [7, 11) is -9.55. The first-order valence-corrected chi connectivity index (χ1v) is 39.7. The van der Waals surface area contributed by atoms with Crippen LogP contribution in [0.15, 0.2) is 173 Å². The van der Waals surface area contributed by atoms with Gasteiger partial charge in [-0.3, -0.25) is 15.2 Å². The molecule has 0 bridgehead atoms. The number of fused-ring (bicyclic) bond motifs is 5. The molecule has 3 aromatic heterocycles. The molecule has 3 aliphatic rings. The molecule has 1 aliphatic carbocycles. The van der Waals surface area contributed by atoms with E-state index in [2.05, 4.69) is 66.8 Å². The number of phenols is 1. The minimum absolute atomic E-state index is 0.00416. The van der Waals surface area contributed by atoms with Crippen molar-refractivity contribution in [1.82, 2.24) is 14.5 Å². The number of aromatic hydroxyl groups is 2. The third-order valence-corrected chi connectivity index (χ3v) is 22.2. The molecule has 2 unspecified atom stereocenters. The third-order valence-electron chi connectivity index (χ3n) is 18.4. The zero-order valence-corrected chi connectivity index (χ0v) is 64.5. The molecule has 2 aliphatic heterocycles. The standard InChI is InChI=1S/C78H73N10O25P3/c1-86(2)47-19-25-53-61(35-47)109-62-36-48(87(3)4)20-26-54(62)69(53)52-24-18-45(34-58(52)77(99)100)73(94)83-59(32-43-15-13-42(14-16-43)10-8-31-81-72(93)44-17-23-51(57(33-44)76(97)98)70-55-27-21-49(89)37-63(55)110-64-38-50(90)22-28-56(64)70)74(95)82-29-7-5-6-12-66(92)80-30-9-11-46-40-88(71-68(46)75(96)85-78(79)84-71)67-39-60(91)65(111-67)41-108-115(104,105)113-116(106,107)112-114(101,102)103/h13-28,33-38,40,59-60,65,67,91H,5-7,12,29-32,39,41H2,1-4H3,(H13-,79,80,81,82,83,84,85,89,90,92,93,94,95,96,97,98,99,100,101,102,103,104,105,106,107)/p+1/t59-,60-,65+,67+/m0/s1. The molecule has 600 valence electrons. The lowest BCUT2D eigenvalue weighted by atomic mass is 9.90. The Balaban J connectivity index is 0.739. The molecule has 1 fully saturated rings. The summed E-state index contributed by atoms with van der Waals surface area (Å²) in [5, 5.41) is 109. The molecule has 0 spiro atoms. The summed E-state index contributed by atoms with van der Waals surface area (Å²) in [6.07, 6.45) is -1.60. The summed E-state index contributed by atoms with van der Waals surface area (Å²) < 4.78 is 31.6. The Labute approximate surface area is 659 Å². The molecule has 15 N–H and O–H groups in total. The fourth-order valence-corrected chi connectivity index (χ4v) is 16.0.